The molecule has 0 aromatic carbocycles. The number of ether oxygens (including phenoxy) is 1. The first-order valence-electron chi connectivity index (χ1n) is 6.30. The summed E-state index contributed by atoms with van der Waals surface area (Å²) in [5, 5.41) is 9.59. The van der Waals surface area contributed by atoms with Crippen molar-refractivity contribution in [3.8, 4) is 0 Å². The van der Waals surface area contributed by atoms with Crippen LogP contribution in [-0.4, -0.2) is 44.4 Å². The Morgan fingerprint density at radius 2 is 2.21 bits per heavy atom. The highest BCUT2D eigenvalue weighted by Crippen LogP contribution is 2.11. The lowest BCUT2D eigenvalue weighted by Crippen LogP contribution is -2.29. The summed E-state index contributed by atoms with van der Waals surface area (Å²) in [6.07, 6.45) is 1.52. The smallest absolute Gasteiger partial charge is 0.257 e. The van der Waals surface area contributed by atoms with Gasteiger partial charge in [0.05, 0.1) is 12.8 Å². The van der Waals surface area contributed by atoms with Crippen LogP contribution in [0.25, 0.3) is 0 Å². The molecule has 1 heterocycles. The minimum atomic E-state index is -3.56. The van der Waals surface area contributed by atoms with E-state index in [-0.39, 0.29) is 17.6 Å². The second kappa shape index (κ2) is 7.59. The summed E-state index contributed by atoms with van der Waals surface area (Å²) < 4.78 is 31.7. The zero-order valence-electron chi connectivity index (χ0n) is 11.6. The van der Waals surface area contributed by atoms with Crippen molar-refractivity contribution < 1.29 is 13.2 Å². The fourth-order valence-corrected chi connectivity index (χ4v) is 2.58. The minimum absolute atomic E-state index is 0.108. The molecule has 110 valence electrons. The van der Waals surface area contributed by atoms with E-state index in [0.717, 1.165) is 0 Å². The van der Waals surface area contributed by atoms with Crippen LogP contribution in [0.2, 0.25) is 0 Å². The van der Waals surface area contributed by atoms with Crippen LogP contribution >= 0.6 is 0 Å². The second-order valence-corrected chi connectivity index (χ2v) is 6.06. The highest BCUT2D eigenvalue weighted by molar-refractivity contribution is 7.89. The van der Waals surface area contributed by atoms with Gasteiger partial charge in [0.1, 0.15) is 0 Å². The quantitative estimate of drug-likeness (QED) is 0.566. The molecule has 0 saturated heterocycles. The van der Waals surface area contributed by atoms with Gasteiger partial charge in [-0.1, -0.05) is 13.8 Å². The van der Waals surface area contributed by atoms with Gasteiger partial charge in [-0.2, -0.15) is 5.10 Å². The van der Waals surface area contributed by atoms with Crippen molar-refractivity contribution in [2.75, 3.05) is 19.8 Å². The van der Waals surface area contributed by atoms with Gasteiger partial charge in [0.2, 0.25) is 0 Å². The number of hydrogen-bond acceptors (Lipinski definition) is 5. The number of nitrogens with one attached hydrogen (secondary N) is 3. The summed E-state index contributed by atoms with van der Waals surface area (Å²) >= 11 is 0. The van der Waals surface area contributed by atoms with E-state index in [1.165, 1.54) is 6.20 Å². The topological polar surface area (TPSA) is 96.1 Å². The van der Waals surface area contributed by atoms with Gasteiger partial charge >= 0.3 is 0 Å². The van der Waals surface area contributed by atoms with E-state index in [1.807, 2.05) is 20.8 Å². The summed E-state index contributed by atoms with van der Waals surface area (Å²) in [6, 6.07) is 0.274. The summed E-state index contributed by atoms with van der Waals surface area (Å²) in [5.74, 6) is 0. The van der Waals surface area contributed by atoms with Crippen LogP contribution in [0.15, 0.2) is 11.2 Å². The fraction of sp³-hybridized carbons (Fsp3) is 0.727. The third kappa shape index (κ3) is 5.27. The lowest BCUT2D eigenvalue weighted by atomic mass is 10.3. The standard InChI is InChI=1S/C11H22N4O3S/c1-4-18-6-5-14-19(16,17)11-10(8-13-15-11)7-12-9(2)3/h8-9,12,14H,4-7H2,1-3H3,(H,13,15). The molecule has 19 heavy (non-hydrogen) atoms. The summed E-state index contributed by atoms with van der Waals surface area (Å²) in [7, 11) is -3.56. The van der Waals surface area contributed by atoms with Crippen LogP contribution in [0.3, 0.4) is 0 Å². The number of nitrogens with zero attached hydrogens (tertiary/aromatic N) is 1. The highest BCUT2D eigenvalue weighted by Gasteiger charge is 2.20. The molecule has 0 atom stereocenters. The zero-order valence-corrected chi connectivity index (χ0v) is 12.4. The number of H-pyrrole nitrogens is 1. The lowest BCUT2D eigenvalue weighted by Gasteiger charge is -2.09. The van der Waals surface area contributed by atoms with Crippen molar-refractivity contribution in [1.29, 1.82) is 0 Å². The Morgan fingerprint density at radius 3 is 2.84 bits per heavy atom. The summed E-state index contributed by atoms with van der Waals surface area (Å²) in [5.41, 5.74) is 0.623. The molecule has 3 N–H and O–H groups in total. The van der Waals surface area contributed by atoms with Crippen molar-refractivity contribution in [2.45, 2.75) is 38.4 Å². The zero-order chi connectivity index (χ0) is 14.3. The Kier molecular flexibility index (Phi) is 6.43. The second-order valence-electron chi connectivity index (χ2n) is 4.35. The molecule has 8 heteroatoms. The van der Waals surface area contributed by atoms with Gasteiger partial charge in [-0.05, 0) is 6.92 Å². The average Bonchev–Trinajstić information content (AvgIpc) is 2.81. The molecule has 0 aliphatic carbocycles. The summed E-state index contributed by atoms with van der Waals surface area (Å²) in [4.78, 5) is 0. The Labute approximate surface area is 114 Å². The maximum atomic E-state index is 12.1. The van der Waals surface area contributed by atoms with E-state index < -0.39 is 10.0 Å². The molecule has 7 nitrogen and oxygen atoms in total. The molecular formula is C11H22N4O3S. The van der Waals surface area contributed by atoms with Gasteiger partial charge in [0.15, 0.2) is 5.03 Å². The van der Waals surface area contributed by atoms with Crippen LogP contribution in [-0.2, 0) is 21.3 Å². The van der Waals surface area contributed by atoms with E-state index in [0.29, 0.717) is 25.3 Å². The number of hydrogen-bond donors (Lipinski definition) is 3. The molecule has 0 saturated carbocycles. The third-order valence-corrected chi connectivity index (χ3v) is 3.87. The van der Waals surface area contributed by atoms with Gasteiger partial charge < -0.3 is 10.1 Å². The Bertz CT molecular complexity index is 470. The molecule has 1 aromatic heterocycles. The van der Waals surface area contributed by atoms with Crippen LogP contribution < -0.4 is 10.0 Å². The number of aromatic nitrogens is 2. The molecule has 0 bridgehead atoms. The largest absolute Gasteiger partial charge is 0.380 e. The van der Waals surface area contributed by atoms with E-state index >= 15 is 0 Å². The predicted octanol–water partition coefficient (Wildman–Crippen LogP) is 0.223. The molecule has 1 aromatic rings. The van der Waals surface area contributed by atoms with E-state index in [9.17, 15) is 8.42 Å². The lowest BCUT2D eigenvalue weighted by molar-refractivity contribution is 0.153. The molecule has 0 radical (unpaired) electrons. The van der Waals surface area contributed by atoms with Crippen LogP contribution in [0.5, 0.6) is 0 Å². The molecular weight excluding hydrogens is 268 g/mol. The van der Waals surface area contributed by atoms with Gasteiger partial charge in [0.25, 0.3) is 10.0 Å². The molecule has 0 spiro atoms. The maximum absolute atomic E-state index is 12.1. The van der Waals surface area contributed by atoms with Crippen molar-refractivity contribution in [3.63, 3.8) is 0 Å². The molecule has 0 amide bonds. The number of aromatic amines is 1. The molecule has 0 fully saturated rings. The average molecular weight is 290 g/mol. The Balaban J connectivity index is 2.64. The van der Waals surface area contributed by atoms with E-state index in [4.69, 9.17) is 4.74 Å². The summed E-state index contributed by atoms with van der Waals surface area (Å²) in [6.45, 7) is 7.46. The Hall–Kier alpha value is -0.960. The van der Waals surface area contributed by atoms with Crippen LogP contribution in [0, 0.1) is 0 Å². The number of sulfonamides is 1. The van der Waals surface area contributed by atoms with Gasteiger partial charge in [0, 0.05) is 31.3 Å². The molecule has 0 unspecified atom stereocenters. The minimum Gasteiger partial charge on any atom is -0.380 e. The van der Waals surface area contributed by atoms with Gasteiger partial charge in [-0.25, -0.2) is 13.1 Å². The first-order valence-corrected chi connectivity index (χ1v) is 7.78. The van der Waals surface area contributed by atoms with E-state index in [1.54, 1.807) is 0 Å². The normalized spacial score (nSPS) is 12.2. The van der Waals surface area contributed by atoms with E-state index in [2.05, 4.69) is 20.2 Å². The third-order valence-electron chi connectivity index (χ3n) is 2.39. The molecule has 0 aliphatic rings. The van der Waals surface area contributed by atoms with Crippen LogP contribution in [0.1, 0.15) is 26.3 Å². The molecule has 0 aliphatic heterocycles. The van der Waals surface area contributed by atoms with Gasteiger partial charge in [-0.15, -0.1) is 0 Å². The van der Waals surface area contributed by atoms with Crippen molar-refractivity contribution in [2.24, 2.45) is 0 Å². The maximum Gasteiger partial charge on any atom is 0.257 e. The van der Waals surface area contributed by atoms with Crippen LogP contribution in [0.4, 0.5) is 0 Å². The molecule has 1 rings (SSSR count). The fourth-order valence-electron chi connectivity index (χ4n) is 1.44. The highest BCUT2D eigenvalue weighted by atomic mass is 32.2. The predicted molar refractivity (Wildman–Crippen MR) is 72.2 cm³/mol. The SMILES string of the molecule is CCOCCNS(=O)(=O)c1[nH]ncc1CNC(C)C. The number of rotatable bonds is 9. The Morgan fingerprint density at radius 1 is 1.47 bits per heavy atom. The monoisotopic (exact) mass is 290 g/mol. The first-order chi connectivity index (χ1) is 8.97. The van der Waals surface area contributed by atoms with Gasteiger partial charge in [-0.3, -0.25) is 5.10 Å². The van der Waals surface area contributed by atoms with Crippen molar-refractivity contribution in [1.82, 2.24) is 20.2 Å². The first kappa shape index (κ1) is 16.1. The van der Waals surface area contributed by atoms with Crippen molar-refractivity contribution in [3.05, 3.63) is 11.8 Å². The van der Waals surface area contributed by atoms with Crippen molar-refractivity contribution >= 4 is 10.0 Å².